The number of unbranched alkanes of at least 4 members (excludes halogenated alkanes) is 1. The minimum Gasteiger partial charge on any atom is -0.477 e. The molecule has 0 unspecified atom stereocenters. The molecule has 2 N–H and O–H groups in total. The third-order valence-electron chi connectivity index (χ3n) is 3.74. The summed E-state index contributed by atoms with van der Waals surface area (Å²) in [6, 6.07) is 5.47. The first kappa shape index (κ1) is 14.8. The molecule has 1 aliphatic heterocycles. The summed E-state index contributed by atoms with van der Waals surface area (Å²) in [5.41, 5.74) is 0.0929. The Balaban J connectivity index is 1.83. The fourth-order valence-corrected chi connectivity index (χ4v) is 2.53. The first-order valence-electron chi connectivity index (χ1n) is 7.38. The maximum Gasteiger partial charge on any atom is 0.354 e. The first-order chi connectivity index (χ1) is 9.69. The van der Waals surface area contributed by atoms with Crippen molar-refractivity contribution in [3.63, 3.8) is 0 Å². The van der Waals surface area contributed by atoms with Crippen LogP contribution in [0.4, 0.5) is 5.82 Å². The molecular weight excluding hydrogens is 254 g/mol. The van der Waals surface area contributed by atoms with Crippen LogP contribution in [0.25, 0.3) is 0 Å². The molecule has 0 aromatic carbocycles. The number of hydrogen-bond acceptors (Lipinski definition) is 4. The van der Waals surface area contributed by atoms with Crippen molar-refractivity contribution in [2.24, 2.45) is 0 Å². The quantitative estimate of drug-likeness (QED) is 0.836. The van der Waals surface area contributed by atoms with E-state index >= 15 is 0 Å². The summed E-state index contributed by atoms with van der Waals surface area (Å²) in [5.74, 6) is -0.319. The zero-order valence-electron chi connectivity index (χ0n) is 12.0. The van der Waals surface area contributed by atoms with Crippen molar-refractivity contribution < 1.29 is 9.90 Å². The lowest BCUT2D eigenvalue weighted by Gasteiger charge is -2.32. The highest BCUT2D eigenvalue weighted by Gasteiger charge is 2.19. The van der Waals surface area contributed by atoms with Crippen LogP contribution < -0.4 is 5.32 Å². The maximum atomic E-state index is 10.9. The number of carboxylic acid groups (broad SMARTS) is 1. The number of aromatic carboxylic acids is 1. The van der Waals surface area contributed by atoms with Gasteiger partial charge in [-0.2, -0.15) is 0 Å². The molecule has 110 valence electrons. The maximum absolute atomic E-state index is 10.9. The highest BCUT2D eigenvalue weighted by Crippen LogP contribution is 2.16. The predicted octanol–water partition coefficient (Wildman–Crippen LogP) is 2.46. The lowest BCUT2D eigenvalue weighted by atomic mass is 10.0. The number of anilines is 1. The van der Waals surface area contributed by atoms with Gasteiger partial charge in [0.25, 0.3) is 0 Å². The van der Waals surface area contributed by atoms with E-state index in [-0.39, 0.29) is 5.69 Å². The monoisotopic (exact) mass is 277 g/mol. The molecule has 1 fully saturated rings. The van der Waals surface area contributed by atoms with Gasteiger partial charge < -0.3 is 15.3 Å². The normalized spacial score (nSPS) is 17.1. The van der Waals surface area contributed by atoms with Gasteiger partial charge in [-0.05, 0) is 37.9 Å². The van der Waals surface area contributed by atoms with Crippen LogP contribution in [0.2, 0.25) is 0 Å². The Morgan fingerprint density at radius 1 is 1.45 bits per heavy atom. The molecule has 5 nitrogen and oxygen atoms in total. The lowest BCUT2D eigenvalue weighted by molar-refractivity contribution is 0.0690. The molecule has 0 bridgehead atoms. The van der Waals surface area contributed by atoms with Gasteiger partial charge in [0.05, 0.1) is 0 Å². The van der Waals surface area contributed by atoms with Crippen molar-refractivity contribution in [1.29, 1.82) is 0 Å². The number of hydrogen-bond donors (Lipinski definition) is 2. The van der Waals surface area contributed by atoms with Crippen LogP contribution in [0.1, 0.15) is 43.1 Å². The standard InChI is InChI=1S/C15H23N3O2/c1-2-3-9-18-10-7-12(8-11-18)16-14-6-4-5-13(17-14)15(19)20/h4-6,12H,2-3,7-11H2,1H3,(H,16,17)(H,19,20). The molecule has 20 heavy (non-hydrogen) atoms. The summed E-state index contributed by atoms with van der Waals surface area (Å²) in [6.45, 7) is 5.62. The molecule has 0 aliphatic carbocycles. The van der Waals surface area contributed by atoms with Crippen LogP contribution in [0, 0.1) is 0 Å². The molecule has 2 rings (SSSR count). The van der Waals surface area contributed by atoms with E-state index in [0.29, 0.717) is 11.9 Å². The number of aromatic nitrogens is 1. The zero-order chi connectivity index (χ0) is 14.4. The lowest BCUT2D eigenvalue weighted by Crippen LogP contribution is -2.39. The summed E-state index contributed by atoms with van der Waals surface area (Å²) in [5, 5.41) is 12.3. The molecule has 5 heteroatoms. The molecule has 0 atom stereocenters. The van der Waals surface area contributed by atoms with Gasteiger partial charge in [-0.15, -0.1) is 0 Å². The van der Waals surface area contributed by atoms with Crippen molar-refractivity contribution in [1.82, 2.24) is 9.88 Å². The van der Waals surface area contributed by atoms with Gasteiger partial charge in [0.1, 0.15) is 5.82 Å². The summed E-state index contributed by atoms with van der Waals surface area (Å²) >= 11 is 0. The van der Waals surface area contributed by atoms with E-state index in [1.807, 2.05) is 6.07 Å². The van der Waals surface area contributed by atoms with E-state index in [0.717, 1.165) is 25.9 Å². The number of nitrogens with zero attached hydrogens (tertiary/aromatic N) is 2. The van der Waals surface area contributed by atoms with Crippen LogP contribution in [-0.2, 0) is 0 Å². The summed E-state index contributed by atoms with van der Waals surface area (Å²) in [7, 11) is 0. The molecule has 2 heterocycles. The number of likely N-dealkylation sites (tertiary alicyclic amines) is 1. The van der Waals surface area contributed by atoms with Crippen LogP contribution in [0.3, 0.4) is 0 Å². The SMILES string of the molecule is CCCCN1CCC(Nc2cccc(C(=O)O)n2)CC1. The molecule has 0 amide bonds. The second-order valence-corrected chi connectivity index (χ2v) is 5.33. The van der Waals surface area contributed by atoms with E-state index in [1.54, 1.807) is 6.07 Å². The van der Waals surface area contributed by atoms with Gasteiger partial charge in [0.2, 0.25) is 0 Å². The molecule has 1 aliphatic rings. The fraction of sp³-hybridized carbons (Fsp3) is 0.600. The number of rotatable bonds is 6. The van der Waals surface area contributed by atoms with E-state index in [4.69, 9.17) is 5.11 Å². The Morgan fingerprint density at radius 2 is 2.20 bits per heavy atom. The van der Waals surface area contributed by atoms with Crippen LogP contribution in [0.15, 0.2) is 18.2 Å². The topological polar surface area (TPSA) is 65.5 Å². The Kier molecular flexibility index (Phi) is 5.35. The van der Waals surface area contributed by atoms with Gasteiger partial charge >= 0.3 is 5.97 Å². The van der Waals surface area contributed by atoms with Crippen LogP contribution >= 0.6 is 0 Å². The summed E-state index contributed by atoms with van der Waals surface area (Å²) < 4.78 is 0. The first-order valence-corrected chi connectivity index (χ1v) is 7.38. The smallest absolute Gasteiger partial charge is 0.354 e. The summed E-state index contributed by atoms with van der Waals surface area (Å²) in [4.78, 5) is 17.5. The van der Waals surface area contributed by atoms with Crippen molar-refractivity contribution in [2.75, 3.05) is 25.0 Å². The molecule has 1 saturated heterocycles. The average Bonchev–Trinajstić information content (AvgIpc) is 2.47. The Bertz CT molecular complexity index is 442. The van der Waals surface area contributed by atoms with E-state index in [9.17, 15) is 4.79 Å². The number of nitrogens with one attached hydrogen (secondary N) is 1. The van der Waals surface area contributed by atoms with Crippen LogP contribution in [0.5, 0.6) is 0 Å². The number of piperidine rings is 1. The molecule has 0 saturated carbocycles. The highest BCUT2D eigenvalue weighted by molar-refractivity contribution is 5.85. The highest BCUT2D eigenvalue weighted by atomic mass is 16.4. The summed E-state index contributed by atoms with van der Waals surface area (Å²) in [6.07, 6.45) is 4.68. The third-order valence-corrected chi connectivity index (χ3v) is 3.74. The van der Waals surface area contributed by atoms with E-state index in [1.165, 1.54) is 25.5 Å². The van der Waals surface area contributed by atoms with Gasteiger partial charge in [0.15, 0.2) is 5.69 Å². The second-order valence-electron chi connectivity index (χ2n) is 5.33. The number of carbonyl (C=O) groups is 1. The Morgan fingerprint density at radius 3 is 2.85 bits per heavy atom. The van der Waals surface area contributed by atoms with Gasteiger partial charge in [-0.1, -0.05) is 19.4 Å². The van der Waals surface area contributed by atoms with Gasteiger partial charge in [0, 0.05) is 19.1 Å². The van der Waals surface area contributed by atoms with Crippen molar-refractivity contribution >= 4 is 11.8 Å². The van der Waals surface area contributed by atoms with Gasteiger partial charge in [-0.3, -0.25) is 0 Å². The van der Waals surface area contributed by atoms with Crippen molar-refractivity contribution in [3.8, 4) is 0 Å². The van der Waals surface area contributed by atoms with E-state index < -0.39 is 5.97 Å². The molecule has 1 aromatic rings. The third kappa shape index (κ3) is 4.20. The van der Waals surface area contributed by atoms with Crippen molar-refractivity contribution in [2.45, 2.75) is 38.6 Å². The molecular formula is C15H23N3O2. The largest absolute Gasteiger partial charge is 0.477 e. The number of pyridine rings is 1. The second kappa shape index (κ2) is 7.24. The predicted molar refractivity (Wildman–Crippen MR) is 79.2 cm³/mol. The van der Waals surface area contributed by atoms with Crippen LogP contribution in [-0.4, -0.2) is 46.6 Å². The molecule has 0 spiro atoms. The minimum absolute atomic E-state index is 0.0929. The fourth-order valence-electron chi connectivity index (χ4n) is 2.53. The van der Waals surface area contributed by atoms with E-state index in [2.05, 4.69) is 22.1 Å². The Hall–Kier alpha value is -1.62. The average molecular weight is 277 g/mol. The Labute approximate surface area is 120 Å². The molecule has 1 aromatic heterocycles. The molecule has 0 radical (unpaired) electrons. The zero-order valence-corrected chi connectivity index (χ0v) is 12.0. The van der Waals surface area contributed by atoms with Crippen molar-refractivity contribution in [3.05, 3.63) is 23.9 Å². The van der Waals surface area contributed by atoms with Gasteiger partial charge in [-0.25, -0.2) is 9.78 Å². The number of carboxylic acids is 1. The minimum atomic E-state index is -0.983.